The summed E-state index contributed by atoms with van der Waals surface area (Å²) in [7, 11) is 0. The van der Waals surface area contributed by atoms with E-state index in [1.54, 1.807) is 13.8 Å². The van der Waals surface area contributed by atoms with Crippen LogP contribution in [0, 0.1) is 5.92 Å². The Morgan fingerprint density at radius 1 is 1.37 bits per heavy atom. The van der Waals surface area contributed by atoms with Gasteiger partial charge in [0, 0.05) is 12.1 Å². The highest BCUT2D eigenvalue weighted by atomic mass is 35.5. The highest BCUT2D eigenvalue weighted by molar-refractivity contribution is 6.32. The summed E-state index contributed by atoms with van der Waals surface area (Å²) in [5.74, 6) is 1.35. The summed E-state index contributed by atoms with van der Waals surface area (Å²) >= 11 is 6.25. The topological polar surface area (TPSA) is 81.1 Å². The smallest absolute Gasteiger partial charge is 0.264 e. The van der Waals surface area contributed by atoms with E-state index in [9.17, 15) is 9.90 Å². The Morgan fingerprint density at radius 3 is 2.90 bits per heavy atom. The predicted octanol–water partition coefficient (Wildman–Crippen LogP) is 3.55. The number of aliphatic hydroxyl groups is 1. The van der Waals surface area contributed by atoms with E-state index in [0.29, 0.717) is 40.4 Å². The predicted molar refractivity (Wildman–Crippen MR) is 109 cm³/mol. The number of carbonyl (C=O) groups is 1. The SMILES string of the molecule is CC(C)(O)C(C1CC1)N1Cc2cccc(COc3c(Cl)cnc4c3OCO4)c2C1=O. The first kappa shape index (κ1) is 19.5. The zero-order valence-corrected chi connectivity index (χ0v) is 17.6. The number of nitrogens with zero attached hydrogens (tertiary/aromatic N) is 2. The van der Waals surface area contributed by atoms with Gasteiger partial charge in [-0.3, -0.25) is 4.79 Å². The summed E-state index contributed by atoms with van der Waals surface area (Å²) in [6.07, 6.45) is 3.53. The Kier molecular flexibility index (Phi) is 4.56. The molecule has 1 saturated carbocycles. The second-order valence-corrected chi connectivity index (χ2v) is 8.99. The molecule has 0 radical (unpaired) electrons. The van der Waals surface area contributed by atoms with E-state index in [-0.39, 0.29) is 25.3 Å². The lowest BCUT2D eigenvalue weighted by molar-refractivity contribution is -0.0224. The van der Waals surface area contributed by atoms with Crippen molar-refractivity contribution in [2.75, 3.05) is 6.79 Å². The van der Waals surface area contributed by atoms with Crippen molar-refractivity contribution in [2.45, 2.75) is 51.5 Å². The van der Waals surface area contributed by atoms with Gasteiger partial charge in [-0.1, -0.05) is 29.8 Å². The van der Waals surface area contributed by atoms with Crippen molar-refractivity contribution in [3.63, 3.8) is 0 Å². The minimum absolute atomic E-state index is 0.0612. The van der Waals surface area contributed by atoms with Gasteiger partial charge in [0.15, 0.2) is 5.75 Å². The standard InChI is InChI=1S/C22H23ClN2O5/c1-22(2,27)19(12-6-7-12)25-9-13-4-3-5-14(16(13)21(25)26)10-28-17-15(23)8-24-20-18(17)29-11-30-20/h3-5,8,12,19,27H,6-7,9-11H2,1-2H3. The fraction of sp³-hybridized carbons (Fsp3) is 0.455. The summed E-state index contributed by atoms with van der Waals surface area (Å²) in [5.41, 5.74) is 1.40. The molecule has 1 atom stereocenters. The molecular formula is C22H23ClN2O5. The maximum absolute atomic E-state index is 13.4. The summed E-state index contributed by atoms with van der Waals surface area (Å²) in [4.78, 5) is 19.3. The van der Waals surface area contributed by atoms with Crippen LogP contribution in [0.2, 0.25) is 5.02 Å². The van der Waals surface area contributed by atoms with Crippen LogP contribution in [0.4, 0.5) is 0 Å². The van der Waals surface area contributed by atoms with E-state index in [1.165, 1.54) is 6.20 Å². The zero-order chi connectivity index (χ0) is 21.0. The molecule has 3 aliphatic rings. The van der Waals surface area contributed by atoms with E-state index in [1.807, 2.05) is 23.1 Å². The molecule has 2 aromatic rings. The molecular weight excluding hydrogens is 408 g/mol. The van der Waals surface area contributed by atoms with Crippen molar-refractivity contribution in [3.05, 3.63) is 46.1 Å². The van der Waals surface area contributed by atoms with Crippen LogP contribution in [0.15, 0.2) is 24.4 Å². The van der Waals surface area contributed by atoms with E-state index in [0.717, 1.165) is 24.0 Å². The molecule has 8 heteroatoms. The number of halogens is 1. The van der Waals surface area contributed by atoms with Gasteiger partial charge in [0.1, 0.15) is 11.6 Å². The molecule has 2 aliphatic heterocycles. The number of amides is 1. The van der Waals surface area contributed by atoms with Gasteiger partial charge in [0.05, 0.1) is 23.4 Å². The van der Waals surface area contributed by atoms with Crippen LogP contribution in [-0.2, 0) is 13.2 Å². The van der Waals surface area contributed by atoms with E-state index in [4.69, 9.17) is 25.8 Å². The zero-order valence-electron chi connectivity index (χ0n) is 16.9. The largest absolute Gasteiger partial charge is 0.483 e. The van der Waals surface area contributed by atoms with Crippen LogP contribution in [0.1, 0.15) is 48.2 Å². The molecule has 30 heavy (non-hydrogen) atoms. The number of ether oxygens (including phenoxy) is 3. The monoisotopic (exact) mass is 430 g/mol. The molecule has 0 bridgehead atoms. The maximum atomic E-state index is 13.4. The van der Waals surface area contributed by atoms with Crippen molar-refractivity contribution in [2.24, 2.45) is 5.92 Å². The molecule has 158 valence electrons. The summed E-state index contributed by atoms with van der Waals surface area (Å²) in [6.45, 7) is 4.27. The van der Waals surface area contributed by atoms with Crippen molar-refractivity contribution in [1.29, 1.82) is 0 Å². The molecule has 7 nitrogen and oxygen atoms in total. The fourth-order valence-electron chi connectivity index (χ4n) is 4.53. The van der Waals surface area contributed by atoms with Crippen LogP contribution >= 0.6 is 11.6 Å². The van der Waals surface area contributed by atoms with E-state index >= 15 is 0 Å². The number of hydrogen-bond donors (Lipinski definition) is 1. The molecule has 3 heterocycles. The molecule has 1 unspecified atom stereocenters. The first-order chi connectivity index (χ1) is 14.3. The molecule has 1 amide bonds. The van der Waals surface area contributed by atoms with Crippen molar-refractivity contribution >= 4 is 17.5 Å². The van der Waals surface area contributed by atoms with Gasteiger partial charge in [-0.2, -0.15) is 0 Å². The number of rotatable bonds is 6. The highest BCUT2D eigenvalue weighted by Crippen LogP contribution is 2.45. The average Bonchev–Trinajstić information content (AvgIpc) is 3.29. The third kappa shape index (κ3) is 3.26. The van der Waals surface area contributed by atoms with Gasteiger partial charge >= 0.3 is 0 Å². The molecule has 5 rings (SSSR count). The second-order valence-electron chi connectivity index (χ2n) is 8.58. The van der Waals surface area contributed by atoms with E-state index < -0.39 is 5.60 Å². The lowest BCUT2D eigenvalue weighted by Gasteiger charge is -2.37. The molecule has 0 spiro atoms. The Bertz CT molecular complexity index is 1020. The molecule has 0 saturated heterocycles. The number of hydrogen-bond acceptors (Lipinski definition) is 6. The molecule has 1 aromatic heterocycles. The van der Waals surface area contributed by atoms with Gasteiger partial charge in [-0.25, -0.2) is 4.98 Å². The number of aromatic nitrogens is 1. The summed E-state index contributed by atoms with van der Waals surface area (Å²) in [5, 5.41) is 11.0. The summed E-state index contributed by atoms with van der Waals surface area (Å²) < 4.78 is 16.7. The normalized spacial score (nSPS) is 18.5. The van der Waals surface area contributed by atoms with E-state index in [2.05, 4.69) is 4.98 Å². The Morgan fingerprint density at radius 2 is 2.17 bits per heavy atom. The quantitative estimate of drug-likeness (QED) is 0.754. The van der Waals surface area contributed by atoms with Crippen molar-refractivity contribution < 1.29 is 24.1 Å². The van der Waals surface area contributed by atoms with Crippen LogP contribution in [0.25, 0.3) is 0 Å². The van der Waals surface area contributed by atoms with Gasteiger partial charge in [0.2, 0.25) is 12.5 Å². The molecule has 1 fully saturated rings. The number of benzene rings is 1. The Labute approximate surface area is 179 Å². The van der Waals surface area contributed by atoms with Crippen LogP contribution < -0.4 is 14.2 Å². The number of carbonyl (C=O) groups excluding carboxylic acids is 1. The maximum Gasteiger partial charge on any atom is 0.264 e. The van der Waals surface area contributed by atoms with Crippen molar-refractivity contribution in [1.82, 2.24) is 9.88 Å². The van der Waals surface area contributed by atoms with Crippen molar-refractivity contribution in [3.8, 4) is 17.4 Å². The van der Waals surface area contributed by atoms with Crippen LogP contribution in [-0.4, -0.2) is 39.3 Å². The third-order valence-electron chi connectivity index (χ3n) is 5.86. The second kappa shape index (κ2) is 7.03. The number of fused-ring (bicyclic) bond motifs is 2. The lowest BCUT2D eigenvalue weighted by atomic mass is 9.93. The van der Waals surface area contributed by atoms with Gasteiger partial charge in [0.25, 0.3) is 11.8 Å². The minimum atomic E-state index is -0.960. The Balaban J connectivity index is 1.42. The summed E-state index contributed by atoms with van der Waals surface area (Å²) in [6, 6.07) is 5.56. The molecule has 1 N–H and O–H groups in total. The molecule has 1 aliphatic carbocycles. The average molecular weight is 431 g/mol. The third-order valence-corrected chi connectivity index (χ3v) is 6.13. The Hall–Kier alpha value is -2.51. The lowest BCUT2D eigenvalue weighted by Crippen LogP contribution is -2.51. The minimum Gasteiger partial charge on any atom is -0.483 e. The fourth-order valence-corrected chi connectivity index (χ4v) is 4.71. The first-order valence-corrected chi connectivity index (χ1v) is 10.4. The van der Waals surface area contributed by atoms with Crippen LogP contribution in [0.5, 0.6) is 17.4 Å². The van der Waals surface area contributed by atoms with Gasteiger partial charge in [-0.15, -0.1) is 0 Å². The van der Waals surface area contributed by atoms with Crippen LogP contribution in [0.3, 0.4) is 0 Å². The molecule has 1 aromatic carbocycles. The highest BCUT2D eigenvalue weighted by Gasteiger charge is 2.48. The van der Waals surface area contributed by atoms with Gasteiger partial charge < -0.3 is 24.2 Å². The number of pyridine rings is 1. The first-order valence-electron chi connectivity index (χ1n) is 10.1. The van der Waals surface area contributed by atoms with Gasteiger partial charge in [-0.05, 0) is 38.2 Å².